The number of carboxylic acid groups (broad SMARTS) is 1. The molecule has 0 aromatic heterocycles. The van der Waals surface area contributed by atoms with Crippen molar-refractivity contribution in [2.75, 3.05) is 13.6 Å². The minimum atomic E-state index is -4.77. The highest BCUT2D eigenvalue weighted by atomic mass is 19.4. The zero-order chi connectivity index (χ0) is 19.4. The first kappa shape index (κ1) is 20.2. The van der Waals surface area contributed by atoms with Crippen LogP contribution in [0.25, 0.3) is 0 Å². The van der Waals surface area contributed by atoms with E-state index in [1.165, 1.54) is 14.0 Å². The van der Waals surface area contributed by atoms with Gasteiger partial charge in [0.2, 0.25) is 0 Å². The van der Waals surface area contributed by atoms with Gasteiger partial charge >= 0.3 is 18.2 Å². The van der Waals surface area contributed by atoms with Crippen LogP contribution in [0, 0.1) is 16.0 Å². The van der Waals surface area contributed by atoms with Gasteiger partial charge in [-0.25, -0.2) is 4.79 Å². The molecule has 1 aromatic rings. The zero-order valence-corrected chi connectivity index (χ0v) is 13.3. The predicted molar refractivity (Wildman–Crippen MR) is 79.8 cm³/mol. The third-order valence-electron chi connectivity index (χ3n) is 3.28. The van der Waals surface area contributed by atoms with Gasteiger partial charge in [0.25, 0.3) is 5.69 Å². The summed E-state index contributed by atoms with van der Waals surface area (Å²) in [7, 11) is 1.32. The molecule has 1 unspecified atom stereocenters. The smallest absolute Gasteiger partial charge is 0.416 e. The number of urea groups is 1. The van der Waals surface area contributed by atoms with E-state index in [0.717, 1.165) is 11.0 Å². The molecule has 0 saturated carbocycles. The number of nitrogens with one attached hydrogen (secondary N) is 1. The molecule has 0 bridgehead atoms. The third kappa shape index (κ3) is 5.94. The van der Waals surface area contributed by atoms with E-state index in [0.29, 0.717) is 12.1 Å². The van der Waals surface area contributed by atoms with Gasteiger partial charge in [0.05, 0.1) is 16.4 Å². The number of non-ortho nitro benzene ring substituents is 1. The number of carbonyl (C=O) groups excluding carboxylic acids is 1. The molecule has 1 aromatic carbocycles. The Hall–Kier alpha value is -2.85. The maximum Gasteiger partial charge on any atom is 0.416 e. The molecule has 1 atom stereocenters. The molecule has 0 heterocycles. The van der Waals surface area contributed by atoms with Gasteiger partial charge in [-0.2, -0.15) is 13.2 Å². The van der Waals surface area contributed by atoms with Crippen LogP contribution in [0.2, 0.25) is 0 Å². The van der Waals surface area contributed by atoms with Crippen molar-refractivity contribution < 1.29 is 32.8 Å². The topological polar surface area (TPSA) is 113 Å². The number of benzene rings is 1. The summed E-state index contributed by atoms with van der Waals surface area (Å²) in [5, 5.41) is 21.8. The molecular formula is C14H16F3N3O5. The molecule has 0 aliphatic heterocycles. The molecule has 2 N–H and O–H groups in total. The highest BCUT2D eigenvalue weighted by Gasteiger charge is 2.32. The standard InChI is InChI=1S/C14H16F3N3O5/c1-8(12(21)22)7-19(2)13(23)18-6-9-3-10(14(15,16)17)5-11(4-9)20(24)25/h3-5,8H,6-7H2,1-2H3,(H,18,23)(H,21,22). The molecule has 0 radical (unpaired) electrons. The lowest BCUT2D eigenvalue weighted by Crippen LogP contribution is -2.40. The number of aliphatic carboxylic acids is 1. The van der Waals surface area contributed by atoms with Crippen LogP contribution in [0.3, 0.4) is 0 Å². The van der Waals surface area contributed by atoms with E-state index < -0.39 is 40.3 Å². The molecule has 0 fully saturated rings. The van der Waals surface area contributed by atoms with Gasteiger partial charge in [-0.15, -0.1) is 0 Å². The van der Waals surface area contributed by atoms with Gasteiger partial charge in [-0.05, 0) is 11.6 Å². The molecule has 2 amide bonds. The summed E-state index contributed by atoms with van der Waals surface area (Å²) in [6.07, 6.45) is -4.77. The predicted octanol–water partition coefficient (Wildman–Crippen LogP) is 2.48. The lowest BCUT2D eigenvalue weighted by atomic mass is 10.1. The molecule has 1 rings (SSSR count). The van der Waals surface area contributed by atoms with Gasteiger partial charge in [-0.3, -0.25) is 14.9 Å². The molecule has 0 aliphatic rings. The highest BCUT2D eigenvalue weighted by molar-refractivity contribution is 5.75. The maximum absolute atomic E-state index is 12.8. The largest absolute Gasteiger partial charge is 0.481 e. The normalized spacial score (nSPS) is 12.4. The quantitative estimate of drug-likeness (QED) is 0.595. The average Bonchev–Trinajstić information content (AvgIpc) is 2.51. The van der Waals surface area contributed by atoms with Crippen LogP contribution in [0.15, 0.2) is 18.2 Å². The van der Waals surface area contributed by atoms with Gasteiger partial charge in [0.1, 0.15) is 0 Å². The van der Waals surface area contributed by atoms with E-state index >= 15 is 0 Å². The SMILES string of the molecule is CC(CN(C)C(=O)NCc1cc([N+](=O)[O-])cc(C(F)(F)F)c1)C(=O)O. The summed E-state index contributed by atoms with van der Waals surface area (Å²) >= 11 is 0. The number of carbonyl (C=O) groups is 2. The molecule has 0 saturated heterocycles. The number of hydrogen-bond donors (Lipinski definition) is 2. The van der Waals surface area contributed by atoms with Crippen LogP contribution < -0.4 is 5.32 Å². The van der Waals surface area contributed by atoms with Crippen LogP contribution in [0.1, 0.15) is 18.1 Å². The first-order valence-corrected chi connectivity index (χ1v) is 6.99. The van der Waals surface area contributed by atoms with Crippen molar-refractivity contribution >= 4 is 17.7 Å². The van der Waals surface area contributed by atoms with E-state index in [9.17, 15) is 32.9 Å². The monoisotopic (exact) mass is 363 g/mol. The van der Waals surface area contributed by atoms with Gasteiger partial charge in [0, 0.05) is 32.3 Å². The number of alkyl halides is 3. The van der Waals surface area contributed by atoms with Crippen LogP contribution in [-0.2, 0) is 17.5 Å². The summed E-state index contributed by atoms with van der Waals surface area (Å²) in [5.41, 5.74) is -2.04. The molecule has 0 spiro atoms. The fourth-order valence-corrected chi connectivity index (χ4v) is 1.93. The molecule has 138 valence electrons. The lowest BCUT2D eigenvalue weighted by molar-refractivity contribution is -0.385. The fraction of sp³-hybridized carbons (Fsp3) is 0.429. The Bertz CT molecular complexity index is 678. The number of carboxylic acids is 1. The molecule has 8 nitrogen and oxygen atoms in total. The number of nitro groups is 1. The summed E-state index contributed by atoms with van der Waals surface area (Å²) in [6, 6.07) is 1.32. The minimum absolute atomic E-state index is 0.102. The Morgan fingerprint density at radius 1 is 1.36 bits per heavy atom. The van der Waals surface area contributed by atoms with Gasteiger partial charge in [0.15, 0.2) is 0 Å². The molecule has 25 heavy (non-hydrogen) atoms. The van der Waals surface area contributed by atoms with E-state index in [1.807, 2.05) is 0 Å². The van der Waals surface area contributed by atoms with Crippen molar-refractivity contribution in [2.24, 2.45) is 5.92 Å². The van der Waals surface area contributed by atoms with Crippen LogP contribution in [-0.4, -0.2) is 40.5 Å². The Morgan fingerprint density at radius 2 is 1.96 bits per heavy atom. The van der Waals surface area contributed by atoms with E-state index in [1.54, 1.807) is 0 Å². The number of rotatable bonds is 6. The van der Waals surface area contributed by atoms with Gasteiger partial charge < -0.3 is 15.3 Å². The van der Waals surface area contributed by atoms with Crippen molar-refractivity contribution in [3.05, 3.63) is 39.4 Å². The van der Waals surface area contributed by atoms with Crippen molar-refractivity contribution in [1.82, 2.24) is 10.2 Å². The third-order valence-corrected chi connectivity index (χ3v) is 3.28. The van der Waals surface area contributed by atoms with E-state index in [2.05, 4.69) is 5.32 Å². The first-order valence-electron chi connectivity index (χ1n) is 6.99. The number of hydrogen-bond acceptors (Lipinski definition) is 4. The second kappa shape index (κ2) is 7.81. The maximum atomic E-state index is 12.8. The number of halogens is 3. The van der Waals surface area contributed by atoms with Crippen LogP contribution >= 0.6 is 0 Å². The van der Waals surface area contributed by atoms with Gasteiger partial charge in [-0.1, -0.05) is 6.92 Å². The molecule has 11 heteroatoms. The molecule has 0 aliphatic carbocycles. The van der Waals surface area contributed by atoms with Crippen molar-refractivity contribution in [2.45, 2.75) is 19.6 Å². The van der Waals surface area contributed by atoms with E-state index in [-0.39, 0.29) is 18.7 Å². The Labute approximate surface area is 140 Å². The van der Waals surface area contributed by atoms with Crippen molar-refractivity contribution in [3.8, 4) is 0 Å². The number of amides is 2. The summed E-state index contributed by atoms with van der Waals surface area (Å²) in [6.45, 7) is 0.904. The van der Waals surface area contributed by atoms with Crippen LogP contribution in [0.4, 0.5) is 23.7 Å². The minimum Gasteiger partial charge on any atom is -0.481 e. The zero-order valence-electron chi connectivity index (χ0n) is 13.3. The number of nitro benzene ring substituents is 1. The summed E-state index contributed by atoms with van der Waals surface area (Å²) < 4.78 is 38.4. The summed E-state index contributed by atoms with van der Waals surface area (Å²) in [5.74, 6) is -1.93. The Morgan fingerprint density at radius 3 is 2.44 bits per heavy atom. The fourth-order valence-electron chi connectivity index (χ4n) is 1.93. The second-order valence-corrected chi connectivity index (χ2v) is 5.42. The summed E-state index contributed by atoms with van der Waals surface area (Å²) in [4.78, 5) is 33.4. The molecular weight excluding hydrogens is 347 g/mol. The van der Waals surface area contributed by atoms with Crippen molar-refractivity contribution in [3.63, 3.8) is 0 Å². The lowest BCUT2D eigenvalue weighted by Gasteiger charge is -2.20. The Balaban J connectivity index is 2.85. The van der Waals surface area contributed by atoms with E-state index in [4.69, 9.17) is 5.11 Å². The van der Waals surface area contributed by atoms with Crippen molar-refractivity contribution in [1.29, 1.82) is 0 Å². The van der Waals surface area contributed by atoms with Crippen LogP contribution in [0.5, 0.6) is 0 Å². The Kier molecular flexibility index (Phi) is 6.31. The average molecular weight is 363 g/mol. The second-order valence-electron chi connectivity index (χ2n) is 5.42. The highest BCUT2D eigenvalue weighted by Crippen LogP contribution is 2.32. The number of nitrogens with zero attached hydrogens (tertiary/aromatic N) is 2. The first-order chi connectivity index (χ1) is 11.4.